The second-order valence-electron chi connectivity index (χ2n) is 10.3. The molecule has 2 heterocycles. The van der Waals surface area contributed by atoms with E-state index in [-0.39, 0.29) is 18.5 Å². The number of rotatable bonds is 9. The van der Waals surface area contributed by atoms with Gasteiger partial charge in [0.15, 0.2) is 11.5 Å². The van der Waals surface area contributed by atoms with Crippen molar-refractivity contribution in [3.63, 3.8) is 0 Å². The molecule has 0 bridgehead atoms. The predicted molar refractivity (Wildman–Crippen MR) is 139 cm³/mol. The van der Waals surface area contributed by atoms with E-state index in [1.54, 1.807) is 29.0 Å². The summed E-state index contributed by atoms with van der Waals surface area (Å²) in [5.74, 6) is 0.531. The lowest BCUT2D eigenvalue weighted by molar-refractivity contribution is -0.123. The van der Waals surface area contributed by atoms with Crippen LogP contribution in [0.5, 0.6) is 11.5 Å². The number of carbonyl (C=O) groups is 2. The Morgan fingerprint density at radius 1 is 1.09 bits per heavy atom. The largest absolute Gasteiger partial charge is 0.493 e. The van der Waals surface area contributed by atoms with E-state index in [0.29, 0.717) is 48.9 Å². The van der Waals surface area contributed by atoms with E-state index in [1.165, 1.54) is 0 Å². The number of ether oxygens (including phenoxy) is 3. The highest BCUT2D eigenvalue weighted by molar-refractivity contribution is 6.76. The van der Waals surface area contributed by atoms with Crippen LogP contribution in [0, 0.1) is 0 Å². The molecule has 2 aromatic carbocycles. The van der Waals surface area contributed by atoms with Gasteiger partial charge in [-0.05, 0) is 24.1 Å². The summed E-state index contributed by atoms with van der Waals surface area (Å²) in [6, 6.07) is 13.6. The molecule has 2 aliphatic rings. The molecule has 0 spiro atoms. The third-order valence-electron chi connectivity index (χ3n) is 6.32. The van der Waals surface area contributed by atoms with Crippen LogP contribution in [0.3, 0.4) is 0 Å². The van der Waals surface area contributed by atoms with Gasteiger partial charge in [0, 0.05) is 27.3 Å². The van der Waals surface area contributed by atoms with Crippen LogP contribution in [0.1, 0.15) is 22.3 Å². The Morgan fingerprint density at radius 2 is 1.83 bits per heavy atom. The summed E-state index contributed by atoms with van der Waals surface area (Å²) in [6.45, 7) is 12.2. The SMILES string of the molecule is C=C1C[C@H]2C(=O)N(COCC[Si](C)(C)C)c3cc(OCc4ccccc4)c(OC)cc3C(=O)N2C1. The molecule has 4 rings (SSSR count). The summed E-state index contributed by atoms with van der Waals surface area (Å²) >= 11 is 0. The fourth-order valence-electron chi connectivity index (χ4n) is 4.31. The zero-order valence-electron chi connectivity index (χ0n) is 21.0. The first-order valence-electron chi connectivity index (χ1n) is 11.9. The Kier molecular flexibility index (Phi) is 7.33. The molecule has 1 fully saturated rings. The zero-order chi connectivity index (χ0) is 25.2. The predicted octanol–water partition coefficient (Wildman–Crippen LogP) is 4.70. The summed E-state index contributed by atoms with van der Waals surface area (Å²) in [6.07, 6.45) is 0.457. The third-order valence-corrected chi connectivity index (χ3v) is 8.03. The Morgan fingerprint density at radius 3 is 2.51 bits per heavy atom. The second-order valence-corrected chi connectivity index (χ2v) is 15.9. The molecule has 1 saturated heterocycles. The normalized spacial score (nSPS) is 17.8. The Hall–Kier alpha value is -3.10. The number of anilines is 1. The maximum absolute atomic E-state index is 13.7. The molecule has 0 N–H and O–H groups in total. The first-order valence-corrected chi connectivity index (χ1v) is 15.6. The molecule has 7 nitrogen and oxygen atoms in total. The third kappa shape index (κ3) is 5.60. The highest BCUT2D eigenvalue weighted by Crippen LogP contribution is 2.40. The highest BCUT2D eigenvalue weighted by atomic mass is 28.3. The van der Waals surface area contributed by atoms with Gasteiger partial charge in [-0.2, -0.15) is 0 Å². The maximum Gasteiger partial charge on any atom is 0.257 e. The lowest BCUT2D eigenvalue weighted by Crippen LogP contribution is -2.45. The summed E-state index contributed by atoms with van der Waals surface area (Å²) in [5, 5.41) is 0. The van der Waals surface area contributed by atoms with Crippen molar-refractivity contribution in [2.24, 2.45) is 0 Å². The van der Waals surface area contributed by atoms with Crippen molar-refractivity contribution in [1.82, 2.24) is 4.90 Å². The van der Waals surface area contributed by atoms with Crippen molar-refractivity contribution in [2.45, 2.75) is 44.8 Å². The molecule has 8 heteroatoms. The van der Waals surface area contributed by atoms with Gasteiger partial charge in [-0.1, -0.05) is 62.1 Å². The molecule has 1 atom stereocenters. The van der Waals surface area contributed by atoms with Crippen LogP contribution in [0.4, 0.5) is 5.69 Å². The van der Waals surface area contributed by atoms with E-state index in [2.05, 4.69) is 26.2 Å². The Bertz CT molecular complexity index is 1110. The molecule has 2 aliphatic heterocycles. The van der Waals surface area contributed by atoms with Crippen molar-refractivity contribution >= 4 is 25.6 Å². The minimum atomic E-state index is -1.29. The number of hydrogen-bond donors (Lipinski definition) is 0. The number of methoxy groups -OCH3 is 1. The number of carbonyl (C=O) groups excluding carboxylic acids is 2. The van der Waals surface area contributed by atoms with Gasteiger partial charge in [0.2, 0.25) is 0 Å². The van der Waals surface area contributed by atoms with E-state index >= 15 is 0 Å². The summed E-state index contributed by atoms with van der Waals surface area (Å²) in [7, 11) is 0.256. The summed E-state index contributed by atoms with van der Waals surface area (Å²) in [5.41, 5.74) is 2.75. The Balaban J connectivity index is 1.68. The molecule has 186 valence electrons. The van der Waals surface area contributed by atoms with Crippen molar-refractivity contribution in [3.05, 3.63) is 65.7 Å². The number of benzene rings is 2. The fraction of sp³-hybridized carbons (Fsp3) is 0.407. The van der Waals surface area contributed by atoms with Gasteiger partial charge in [-0.15, -0.1) is 0 Å². The van der Waals surface area contributed by atoms with Gasteiger partial charge >= 0.3 is 0 Å². The smallest absolute Gasteiger partial charge is 0.257 e. The summed E-state index contributed by atoms with van der Waals surface area (Å²) in [4.78, 5) is 30.4. The van der Waals surface area contributed by atoms with Gasteiger partial charge in [-0.3, -0.25) is 14.5 Å². The van der Waals surface area contributed by atoms with E-state index < -0.39 is 14.1 Å². The van der Waals surface area contributed by atoms with Crippen molar-refractivity contribution in [1.29, 1.82) is 0 Å². The average molecular weight is 495 g/mol. The molecule has 0 aromatic heterocycles. The number of amides is 2. The molecular formula is C27H34N2O5Si. The van der Waals surface area contributed by atoms with Crippen LogP contribution in [0.15, 0.2) is 54.6 Å². The lowest BCUT2D eigenvalue weighted by atomic mass is 10.1. The monoisotopic (exact) mass is 494 g/mol. The zero-order valence-corrected chi connectivity index (χ0v) is 22.0. The molecule has 35 heavy (non-hydrogen) atoms. The van der Waals surface area contributed by atoms with E-state index in [1.807, 2.05) is 30.3 Å². The maximum atomic E-state index is 13.7. The van der Waals surface area contributed by atoms with Crippen LogP contribution in [-0.4, -0.2) is 57.8 Å². The molecular weight excluding hydrogens is 460 g/mol. The molecule has 2 amide bonds. The number of hydrogen-bond acceptors (Lipinski definition) is 5. The van der Waals surface area contributed by atoms with E-state index in [4.69, 9.17) is 14.2 Å². The van der Waals surface area contributed by atoms with Crippen molar-refractivity contribution < 1.29 is 23.8 Å². The van der Waals surface area contributed by atoms with E-state index in [9.17, 15) is 9.59 Å². The minimum Gasteiger partial charge on any atom is -0.493 e. The first kappa shape index (κ1) is 25.0. The average Bonchev–Trinajstić information content (AvgIpc) is 3.20. The van der Waals surface area contributed by atoms with Crippen molar-refractivity contribution in [2.75, 3.05) is 31.9 Å². The highest BCUT2D eigenvalue weighted by Gasteiger charge is 2.44. The van der Waals surface area contributed by atoms with Gasteiger partial charge < -0.3 is 19.1 Å². The topological polar surface area (TPSA) is 68.3 Å². The van der Waals surface area contributed by atoms with Crippen LogP contribution < -0.4 is 14.4 Å². The molecule has 0 radical (unpaired) electrons. The fourth-order valence-corrected chi connectivity index (χ4v) is 5.06. The molecule has 0 unspecified atom stereocenters. The minimum absolute atomic E-state index is 0.0743. The van der Waals surface area contributed by atoms with Crippen LogP contribution in [0.2, 0.25) is 25.7 Å². The lowest BCUT2D eigenvalue weighted by Gasteiger charge is -2.26. The quantitative estimate of drug-likeness (QED) is 0.287. The number of fused-ring (bicyclic) bond motifs is 2. The molecule has 0 saturated carbocycles. The number of nitrogens with zero attached hydrogens (tertiary/aromatic N) is 2. The van der Waals surface area contributed by atoms with Gasteiger partial charge in [0.05, 0.1) is 18.4 Å². The Labute approximate surface area is 208 Å². The molecule has 0 aliphatic carbocycles. The molecule has 2 aromatic rings. The summed E-state index contributed by atoms with van der Waals surface area (Å²) < 4.78 is 17.6. The van der Waals surface area contributed by atoms with Gasteiger partial charge in [-0.25, -0.2) is 0 Å². The van der Waals surface area contributed by atoms with Gasteiger partial charge in [0.25, 0.3) is 11.8 Å². The first-order chi connectivity index (χ1) is 16.7. The van der Waals surface area contributed by atoms with Crippen molar-refractivity contribution in [3.8, 4) is 11.5 Å². The second kappa shape index (κ2) is 10.3. The van der Waals surface area contributed by atoms with Crippen LogP contribution in [0.25, 0.3) is 0 Å². The van der Waals surface area contributed by atoms with E-state index in [0.717, 1.165) is 17.2 Å². The van der Waals surface area contributed by atoms with Crippen LogP contribution in [-0.2, 0) is 16.1 Å². The van der Waals surface area contributed by atoms with Gasteiger partial charge in [0.1, 0.15) is 19.4 Å². The van der Waals surface area contributed by atoms with Crippen LogP contribution >= 0.6 is 0 Å². The standard InChI is InChI=1S/C27H34N2O5Si/c1-19-13-23-27(31)29(18-33-11-12-35(3,4)5)22-15-25(34-17-20-9-7-6-8-10-20)24(32-2)14-21(22)26(30)28(23)16-19/h6-10,14-15,23H,1,11-13,16-18H2,2-5H3/t23-/m0/s1.